The fourth-order valence-electron chi connectivity index (χ4n) is 4.63. The van der Waals surface area contributed by atoms with Crippen molar-refractivity contribution in [1.82, 2.24) is 14.2 Å². The van der Waals surface area contributed by atoms with Crippen molar-refractivity contribution in [3.05, 3.63) is 104 Å². The van der Waals surface area contributed by atoms with Gasteiger partial charge in [0, 0.05) is 38.7 Å². The summed E-state index contributed by atoms with van der Waals surface area (Å²) >= 11 is 3.44. The molecule has 0 unspecified atom stereocenters. The lowest BCUT2D eigenvalue weighted by atomic mass is 10.1. The summed E-state index contributed by atoms with van der Waals surface area (Å²) < 4.78 is 17.3. The largest absolute Gasteiger partial charge is 0.335 e. The highest BCUT2D eigenvalue weighted by molar-refractivity contribution is 9.10. The summed E-state index contributed by atoms with van der Waals surface area (Å²) in [4.78, 5) is 31.1. The Labute approximate surface area is 233 Å². The van der Waals surface area contributed by atoms with Crippen molar-refractivity contribution >= 4 is 55.5 Å². The molecular weight excluding hydrogens is 561 g/mol. The van der Waals surface area contributed by atoms with Crippen molar-refractivity contribution in [2.24, 2.45) is 5.10 Å². The van der Waals surface area contributed by atoms with Crippen LogP contribution in [0.1, 0.15) is 36.8 Å². The average molecular weight is 588 g/mol. The van der Waals surface area contributed by atoms with Crippen LogP contribution in [-0.4, -0.2) is 26.3 Å². The third kappa shape index (κ3) is 5.54. The number of fused-ring (bicyclic) bond motifs is 2. The van der Waals surface area contributed by atoms with E-state index in [2.05, 4.69) is 33.3 Å². The molecule has 0 atom stereocenters. The van der Waals surface area contributed by atoms with Gasteiger partial charge in [-0.2, -0.15) is 9.78 Å². The molecule has 0 radical (unpaired) electrons. The zero-order chi connectivity index (χ0) is 27.5. The summed E-state index contributed by atoms with van der Waals surface area (Å²) in [5.74, 6) is -0.000279. The highest BCUT2D eigenvalue weighted by Crippen LogP contribution is 2.25. The number of carbonyl (C=O) groups is 1. The summed E-state index contributed by atoms with van der Waals surface area (Å²) in [7, 11) is 0. The van der Waals surface area contributed by atoms with Gasteiger partial charge in [0.15, 0.2) is 0 Å². The molecule has 0 fully saturated rings. The van der Waals surface area contributed by atoms with Crippen molar-refractivity contribution in [3.8, 4) is 0 Å². The highest BCUT2D eigenvalue weighted by atomic mass is 79.9. The second-order valence-corrected chi connectivity index (χ2v) is 10.2. The van der Waals surface area contributed by atoms with E-state index in [9.17, 15) is 14.0 Å². The lowest BCUT2D eigenvalue weighted by Gasteiger charge is -2.10. The summed E-state index contributed by atoms with van der Waals surface area (Å²) in [5.41, 5.74) is 3.43. The number of nitrogens with one attached hydrogen (secondary N) is 1. The van der Waals surface area contributed by atoms with E-state index in [0.717, 1.165) is 39.5 Å². The first-order chi connectivity index (χ1) is 18.9. The Morgan fingerprint density at radius 1 is 1.10 bits per heavy atom. The van der Waals surface area contributed by atoms with Crippen molar-refractivity contribution in [2.75, 3.05) is 5.32 Å². The Morgan fingerprint density at radius 2 is 1.87 bits per heavy atom. The third-order valence-corrected chi connectivity index (χ3v) is 7.13. The topological polar surface area (TPSA) is 81.3 Å². The summed E-state index contributed by atoms with van der Waals surface area (Å²) in [5, 5.41) is 8.85. The molecule has 5 aromatic rings. The van der Waals surface area contributed by atoms with Crippen LogP contribution in [-0.2, 0) is 17.8 Å². The maximum absolute atomic E-state index is 13.5. The first-order valence-corrected chi connectivity index (χ1v) is 13.5. The van der Waals surface area contributed by atoms with Crippen LogP contribution in [0.3, 0.4) is 0 Å². The molecule has 7 nitrogen and oxygen atoms in total. The first-order valence-electron chi connectivity index (χ1n) is 12.7. The molecule has 9 heteroatoms. The number of anilines is 1. The SMILES string of the molecule is CCCCc1nc2ccc(Br)cc2c(=O)n1N=Cc1c(C)n(CC(=O)Nc2ccc(F)cc2)c2ccccc12. The van der Waals surface area contributed by atoms with Crippen molar-refractivity contribution in [3.63, 3.8) is 0 Å². The number of para-hydroxylation sites is 1. The number of rotatable bonds is 8. The maximum atomic E-state index is 13.5. The van der Waals surface area contributed by atoms with Gasteiger partial charge in [0.1, 0.15) is 18.2 Å². The molecule has 39 heavy (non-hydrogen) atoms. The predicted octanol–water partition coefficient (Wildman–Crippen LogP) is 6.42. The van der Waals surface area contributed by atoms with E-state index < -0.39 is 0 Å². The van der Waals surface area contributed by atoms with E-state index in [-0.39, 0.29) is 23.8 Å². The minimum Gasteiger partial charge on any atom is -0.335 e. The van der Waals surface area contributed by atoms with E-state index in [1.165, 1.54) is 28.9 Å². The van der Waals surface area contributed by atoms with E-state index >= 15 is 0 Å². The number of unbranched alkanes of at least 4 members (excludes halogenated alkanes) is 1. The third-order valence-electron chi connectivity index (χ3n) is 6.64. The molecular formula is C30H27BrFN5O2. The molecule has 0 aliphatic heterocycles. The number of benzene rings is 3. The Morgan fingerprint density at radius 3 is 2.64 bits per heavy atom. The van der Waals surface area contributed by atoms with Crippen LogP contribution in [0.15, 0.2) is 81.1 Å². The van der Waals surface area contributed by atoms with Gasteiger partial charge in [0.25, 0.3) is 5.56 Å². The smallest absolute Gasteiger partial charge is 0.282 e. The van der Waals surface area contributed by atoms with Crippen LogP contribution in [0, 0.1) is 12.7 Å². The fourth-order valence-corrected chi connectivity index (χ4v) is 4.99. The monoisotopic (exact) mass is 587 g/mol. The number of halogens is 2. The van der Waals surface area contributed by atoms with Crippen LogP contribution < -0.4 is 10.9 Å². The quantitative estimate of drug-likeness (QED) is 0.212. The van der Waals surface area contributed by atoms with E-state index in [1.807, 2.05) is 47.9 Å². The van der Waals surface area contributed by atoms with Gasteiger partial charge in [-0.25, -0.2) is 9.37 Å². The number of carbonyl (C=O) groups excluding carboxylic acids is 1. The molecule has 0 bridgehead atoms. The second-order valence-electron chi connectivity index (χ2n) is 9.31. The number of hydrogen-bond acceptors (Lipinski definition) is 4. The van der Waals surface area contributed by atoms with Crippen molar-refractivity contribution in [1.29, 1.82) is 0 Å². The van der Waals surface area contributed by atoms with Gasteiger partial charge in [0.2, 0.25) is 5.91 Å². The van der Waals surface area contributed by atoms with E-state index in [4.69, 9.17) is 4.98 Å². The van der Waals surface area contributed by atoms with Crippen LogP contribution >= 0.6 is 15.9 Å². The number of amides is 1. The molecule has 0 saturated carbocycles. The molecule has 0 saturated heterocycles. The molecule has 2 heterocycles. The summed E-state index contributed by atoms with van der Waals surface area (Å²) in [6.07, 6.45) is 4.14. The predicted molar refractivity (Wildman–Crippen MR) is 157 cm³/mol. The molecule has 3 aromatic carbocycles. The molecule has 2 aromatic heterocycles. The Balaban J connectivity index is 1.54. The summed E-state index contributed by atoms with van der Waals surface area (Å²) in [6, 6.07) is 18.9. The normalized spacial score (nSPS) is 11.6. The minimum absolute atomic E-state index is 0.0603. The summed E-state index contributed by atoms with van der Waals surface area (Å²) in [6.45, 7) is 4.07. The van der Waals surface area contributed by atoms with Gasteiger partial charge >= 0.3 is 0 Å². The van der Waals surface area contributed by atoms with Gasteiger partial charge in [-0.3, -0.25) is 9.59 Å². The van der Waals surface area contributed by atoms with Gasteiger partial charge < -0.3 is 9.88 Å². The standard InChI is InChI=1S/C30H27BrFN5O2/c1-3-4-9-28-35-26-15-10-20(31)16-24(26)30(39)37(28)33-17-25-19(2)36(27-8-6-5-7-23(25)27)18-29(38)34-22-13-11-21(32)12-14-22/h5-8,10-17H,3-4,9,18H2,1-2H3,(H,34,38). The Hall–Kier alpha value is -4.11. The van der Waals surface area contributed by atoms with Crippen LogP contribution in [0.4, 0.5) is 10.1 Å². The maximum Gasteiger partial charge on any atom is 0.282 e. The number of aryl methyl sites for hydroxylation is 1. The minimum atomic E-state index is -0.365. The zero-order valence-electron chi connectivity index (χ0n) is 21.6. The average Bonchev–Trinajstić information content (AvgIpc) is 3.19. The number of hydrogen-bond donors (Lipinski definition) is 1. The number of nitrogens with zero attached hydrogens (tertiary/aromatic N) is 4. The van der Waals surface area contributed by atoms with Crippen molar-refractivity contribution < 1.29 is 9.18 Å². The van der Waals surface area contributed by atoms with Crippen LogP contribution in [0.25, 0.3) is 21.8 Å². The second kappa shape index (κ2) is 11.3. The molecule has 1 N–H and O–H groups in total. The number of aromatic nitrogens is 3. The highest BCUT2D eigenvalue weighted by Gasteiger charge is 2.16. The molecule has 1 amide bonds. The lowest BCUT2D eigenvalue weighted by molar-refractivity contribution is -0.116. The lowest BCUT2D eigenvalue weighted by Crippen LogP contribution is -2.22. The molecule has 5 rings (SSSR count). The van der Waals surface area contributed by atoms with E-state index in [1.54, 1.807) is 12.3 Å². The zero-order valence-corrected chi connectivity index (χ0v) is 23.2. The molecule has 0 aliphatic rings. The molecule has 0 aliphatic carbocycles. The fraction of sp³-hybridized carbons (Fsp3) is 0.200. The van der Waals surface area contributed by atoms with Crippen LogP contribution in [0.5, 0.6) is 0 Å². The van der Waals surface area contributed by atoms with Gasteiger partial charge in [-0.15, -0.1) is 0 Å². The van der Waals surface area contributed by atoms with Gasteiger partial charge in [-0.1, -0.05) is 47.5 Å². The van der Waals surface area contributed by atoms with Crippen LogP contribution in [0.2, 0.25) is 0 Å². The molecule has 0 spiro atoms. The Bertz CT molecular complexity index is 1770. The Kier molecular flexibility index (Phi) is 7.70. The van der Waals surface area contributed by atoms with Gasteiger partial charge in [0.05, 0.1) is 17.1 Å². The van der Waals surface area contributed by atoms with Gasteiger partial charge in [-0.05, 0) is 61.9 Å². The first kappa shape index (κ1) is 26.5. The molecule has 198 valence electrons. The van der Waals surface area contributed by atoms with Crippen molar-refractivity contribution in [2.45, 2.75) is 39.7 Å². The van der Waals surface area contributed by atoms with E-state index in [0.29, 0.717) is 28.8 Å².